The second-order valence-corrected chi connectivity index (χ2v) is 4.25. The van der Waals surface area contributed by atoms with Crippen LogP contribution in [0.25, 0.3) is 0 Å². The van der Waals surface area contributed by atoms with E-state index in [0.717, 1.165) is 0 Å². The molecule has 0 N–H and O–H groups in total. The topological polar surface area (TPSA) is 63.2 Å². The second kappa shape index (κ2) is 4.61. The lowest BCUT2D eigenvalue weighted by molar-refractivity contribution is -0.120. The van der Waals surface area contributed by atoms with E-state index in [1.165, 1.54) is 6.33 Å². The summed E-state index contributed by atoms with van der Waals surface area (Å²) >= 11 is 0. The van der Waals surface area contributed by atoms with Gasteiger partial charge in [-0.05, 0) is 13.8 Å². The van der Waals surface area contributed by atoms with Gasteiger partial charge in [-0.25, -0.2) is 9.97 Å². The van der Waals surface area contributed by atoms with E-state index in [4.69, 9.17) is 0 Å². The summed E-state index contributed by atoms with van der Waals surface area (Å²) in [5.74, 6) is 0.167. The summed E-state index contributed by atoms with van der Waals surface area (Å²) < 4.78 is 0. The van der Waals surface area contributed by atoms with Gasteiger partial charge in [0.1, 0.15) is 12.1 Å². The minimum Gasteiger partial charge on any atom is -0.338 e. The summed E-state index contributed by atoms with van der Waals surface area (Å²) in [7, 11) is 0. The average Bonchev–Trinajstić information content (AvgIpc) is 2.29. The normalized spacial score (nSPS) is 16.1. The molecule has 0 spiro atoms. The molecule has 1 amide bonds. The highest BCUT2D eigenvalue weighted by Gasteiger charge is 2.24. The Balaban J connectivity index is 2.22. The molecule has 5 nitrogen and oxygen atoms in total. The molecule has 0 unspecified atom stereocenters. The molecule has 0 aliphatic carbocycles. The first-order valence-corrected chi connectivity index (χ1v) is 5.69. The van der Waals surface area contributed by atoms with Crippen LogP contribution in [0, 0.1) is 13.8 Å². The predicted molar refractivity (Wildman–Crippen MR) is 61.7 cm³/mol. The molecule has 2 heterocycles. The third kappa shape index (κ3) is 2.33. The lowest BCUT2D eigenvalue weighted by atomic mass is 10.1. The summed E-state index contributed by atoms with van der Waals surface area (Å²) in [6.45, 7) is 4.62. The van der Waals surface area contributed by atoms with Crippen molar-refractivity contribution in [3.63, 3.8) is 0 Å². The van der Waals surface area contributed by atoms with Gasteiger partial charge in [0, 0.05) is 25.9 Å². The van der Waals surface area contributed by atoms with Crippen molar-refractivity contribution in [2.24, 2.45) is 0 Å². The summed E-state index contributed by atoms with van der Waals surface area (Å²) in [4.78, 5) is 33.2. The van der Waals surface area contributed by atoms with Gasteiger partial charge in [-0.15, -0.1) is 0 Å². The number of hydrogen-bond acceptors (Lipinski definition) is 4. The van der Waals surface area contributed by atoms with Crippen LogP contribution < -0.4 is 0 Å². The van der Waals surface area contributed by atoms with Gasteiger partial charge in [0.15, 0.2) is 0 Å². The first-order valence-electron chi connectivity index (χ1n) is 5.69. The van der Waals surface area contributed by atoms with E-state index in [1.54, 1.807) is 18.7 Å². The van der Waals surface area contributed by atoms with Crippen LogP contribution in [-0.4, -0.2) is 39.6 Å². The number of nitrogens with zero attached hydrogens (tertiary/aromatic N) is 3. The Morgan fingerprint density at radius 1 is 1.18 bits per heavy atom. The van der Waals surface area contributed by atoms with Crippen molar-refractivity contribution in [1.29, 1.82) is 0 Å². The Morgan fingerprint density at radius 3 is 2.24 bits per heavy atom. The van der Waals surface area contributed by atoms with Crippen molar-refractivity contribution in [3.05, 3.63) is 23.3 Å². The van der Waals surface area contributed by atoms with E-state index < -0.39 is 0 Å². The summed E-state index contributed by atoms with van der Waals surface area (Å²) in [6.07, 6.45) is 2.37. The highest BCUT2D eigenvalue weighted by atomic mass is 16.2. The second-order valence-electron chi connectivity index (χ2n) is 4.25. The van der Waals surface area contributed by atoms with Gasteiger partial charge < -0.3 is 4.90 Å². The van der Waals surface area contributed by atoms with E-state index in [9.17, 15) is 9.59 Å². The Kier molecular flexibility index (Phi) is 3.17. The Labute approximate surface area is 99.9 Å². The maximum absolute atomic E-state index is 12.3. The maximum atomic E-state index is 12.3. The lowest BCUT2D eigenvalue weighted by Crippen LogP contribution is -2.39. The van der Waals surface area contributed by atoms with E-state index in [-0.39, 0.29) is 11.7 Å². The fourth-order valence-corrected chi connectivity index (χ4v) is 2.02. The molecule has 1 aromatic rings. The molecule has 1 saturated heterocycles. The average molecular weight is 233 g/mol. The van der Waals surface area contributed by atoms with Gasteiger partial charge in [0.05, 0.1) is 17.0 Å². The number of Topliss-reactive ketones (excluding diaryl/α,β-unsaturated/α-hetero) is 1. The molecule has 5 heteroatoms. The fourth-order valence-electron chi connectivity index (χ4n) is 2.02. The quantitative estimate of drug-likeness (QED) is 0.723. The summed E-state index contributed by atoms with van der Waals surface area (Å²) in [5, 5.41) is 0. The highest BCUT2D eigenvalue weighted by molar-refractivity contribution is 5.97. The Morgan fingerprint density at radius 2 is 1.71 bits per heavy atom. The molecular weight excluding hydrogens is 218 g/mol. The highest BCUT2D eigenvalue weighted by Crippen LogP contribution is 2.15. The van der Waals surface area contributed by atoms with Crippen molar-refractivity contribution < 1.29 is 9.59 Å². The van der Waals surface area contributed by atoms with Crippen molar-refractivity contribution in [3.8, 4) is 0 Å². The molecule has 90 valence electrons. The van der Waals surface area contributed by atoms with Gasteiger partial charge in [-0.1, -0.05) is 0 Å². The zero-order chi connectivity index (χ0) is 12.4. The molecule has 0 saturated carbocycles. The standard InChI is InChI=1S/C12H15N3O2/c1-8-11(9(2)14-7-13-8)12(17)15-5-3-10(16)4-6-15/h7H,3-6H2,1-2H3. The third-order valence-electron chi connectivity index (χ3n) is 3.05. The van der Waals surface area contributed by atoms with Crippen LogP contribution in [0.2, 0.25) is 0 Å². The van der Waals surface area contributed by atoms with Gasteiger partial charge in [0.25, 0.3) is 5.91 Å². The Hall–Kier alpha value is -1.78. The first kappa shape index (κ1) is 11.7. The zero-order valence-electron chi connectivity index (χ0n) is 10.1. The van der Waals surface area contributed by atoms with Crippen molar-refractivity contribution in [2.45, 2.75) is 26.7 Å². The van der Waals surface area contributed by atoms with Crippen LogP contribution in [0.15, 0.2) is 6.33 Å². The number of hydrogen-bond donors (Lipinski definition) is 0. The molecule has 1 fully saturated rings. The van der Waals surface area contributed by atoms with Crippen LogP contribution in [0.4, 0.5) is 0 Å². The number of piperidine rings is 1. The molecular formula is C12H15N3O2. The number of aryl methyl sites for hydroxylation is 2. The summed E-state index contributed by atoms with van der Waals surface area (Å²) in [6, 6.07) is 0. The molecule has 0 aromatic carbocycles. The van der Waals surface area contributed by atoms with E-state index >= 15 is 0 Å². The van der Waals surface area contributed by atoms with Crippen LogP contribution in [0.3, 0.4) is 0 Å². The number of ketones is 1. The van der Waals surface area contributed by atoms with E-state index in [1.807, 2.05) is 0 Å². The maximum Gasteiger partial charge on any atom is 0.257 e. The largest absolute Gasteiger partial charge is 0.338 e. The SMILES string of the molecule is Cc1ncnc(C)c1C(=O)N1CCC(=O)CC1. The summed E-state index contributed by atoms with van der Waals surface area (Å²) in [5.41, 5.74) is 1.96. The smallest absolute Gasteiger partial charge is 0.257 e. The van der Waals surface area contributed by atoms with Gasteiger partial charge in [-0.3, -0.25) is 9.59 Å². The zero-order valence-corrected chi connectivity index (χ0v) is 10.1. The Bertz CT molecular complexity index is 441. The monoisotopic (exact) mass is 233 g/mol. The molecule has 0 radical (unpaired) electrons. The number of rotatable bonds is 1. The number of amides is 1. The number of likely N-dealkylation sites (tertiary alicyclic amines) is 1. The first-order chi connectivity index (χ1) is 8.09. The van der Waals surface area contributed by atoms with Gasteiger partial charge in [0.2, 0.25) is 0 Å². The number of carbonyl (C=O) groups is 2. The molecule has 0 atom stereocenters. The fraction of sp³-hybridized carbons (Fsp3) is 0.500. The predicted octanol–water partition coefficient (Wildman–Crippen LogP) is 0.899. The number of aromatic nitrogens is 2. The minimum atomic E-state index is -0.0619. The van der Waals surface area contributed by atoms with Gasteiger partial charge >= 0.3 is 0 Å². The molecule has 0 bridgehead atoms. The van der Waals surface area contributed by atoms with Crippen LogP contribution in [0.1, 0.15) is 34.6 Å². The number of carbonyl (C=O) groups excluding carboxylic acids is 2. The third-order valence-corrected chi connectivity index (χ3v) is 3.05. The lowest BCUT2D eigenvalue weighted by Gasteiger charge is -2.26. The van der Waals surface area contributed by atoms with Crippen LogP contribution in [0.5, 0.6) is 0 Å². The van der Waals surface area contributed by atoms with Gasteiger partial charge in [-0.2, -0.15) is 0 Å². The molecule has 1 aromatic heterocycles. The van der Waals surface area contributed by atoms with Crippen LogP contribution >= 0.6 is 0 Å². The van der Waals surface area contributed by atoms with E-state index in [0.29, 0.717) is 42.9 Å². The molecule has 1 aliphatic heterocycles. The van der Waals surface area contributed by atoms with Crippen molar-refractivity contribution >= 4 is 11.7 Å². The van der Waals surface area contributed by atoms with Crippen LogP contribution in [-0.2, 0) is 4.79 Å². The van der Waals surface area contributed by atoms with Crippen molar-refractivity contribution in [1.82, 2.24) is 14.9 Å². The molecule has 1 aliphatic rings. The van der Waals surface area contributed by atoms with E-state index in [2.05, 4.69) is 9.97 Å². The molecule has 17 heavy (non-hydrogen) atoms. The molecule has 2 rings (SSSR count). The minimum absolute atomic E-state index is 0.0619. The van der Waals surface area contributed by atoms with Crippen molar-refractivity contribution in [2.75, 3.05) is 13.1 Å².